The van der Waals surface area contributed by atoms with E-state index in [0.29, 0.717) is 6.42 Å². The Morgan fingerprint density at radius 1 is 1.24 bits per heavy atom. The summed E-state index contributed by atoms with van der Waals surface area (Å²) >= 11 is 0. The first-order chi connectivity index (χ1) is 10.1. The molecule has 0 amide bonds. The van der Waals surface area contributed by atoms with Crippen molar-refractivity contribution >= 4 is 5.97 Å². The van der Waals surface area contributed by atoms with E-state index in [1.807, 2.05) is 37.3 Å². The molecule has 116 valence electrons. The van der Waals surface area contributed by atoms with Crippen LogP contribution in [0.15, 0.2) is 30.3 Å². The fraction of sp³-hybridized carbons (Fsp3) is 0.562. The summed E-state index contributed by atoms with van der Waals surface area (Å²) in [5.41, 5.74) is 5.81. The Morgan fingerprint density at radius 3 is 2.62 bits per heavy atom. The summed E-state index contributed by atoms with van der Waals surface area (Å²) in [4.78, 5) is 11.8. The largest absolute Gasteiger partial charge is 0.488 e. The lowest BCUT2D eigenvalue weighted by molar-refractivity contribution is -0.159. The van der Waals surface area contributed by atoms with Crippen molar-refractivity contribution in [2.75, 3.05) is 7.11 Å². The van der Waals surface area contributed by atoms with E-state index >= 15 is 0 Å². The number of esters is 1. The minimum absolute atomic E-state index is 0.175. The van der Waals surface area contributed by atoms with E-state index < -0.39 is 12.1 Å². The van der Waals surface area contributed by atoms with Crippen molar-refractivity contribution in [2.24, 2.45) is 5.73 Å². The van der Waals surface area contributed by atoms with Gasteiger partial charge in [-0.15, -0.1) is 0 Å². The lowest BCUT2D eigenvalue weighted by Gasteiger charge is -2.30. The minimum atomic E-state index is -0.569. The van der Waals surface area contributed by atoms with Crippen LogP contribution in [0.4, 0.5) is 0 Å². The summed E-state index contributed by atoms with van der Waals surface area (Å²) in [6.07, 6.45) is 1.25. The molecule has 0 unspecified atom stereocenters. The van der Waals surface area contributed by atoms with Crippen LogP contribution < -0.4 is 10.5 Å². The lowest BCUT2D eigenvalue weighted by atomic mass is 10.0. The van der Waals surface area contributed by atoms with Gasteiger partial charge < -0.3 is 19.9 Å². The molecule has 0 spiro atoms. The summed E-state index contributed by atoms with van der Waals surface area (Å²) in [5.74, 6) is 0.413. The molecular formula is C16H23NO4. The van der Waals surface area contributed by atoms with Gasteiger partial charge in [0.05, 0.1) is 0 Å². The number of hydrogen-bond acceptors (Lipinski definition) is 5. The van der Waals surface area contributed by atoms with Crippen LogP contribution >= 0.6 is 0 Å². The molecule has 1 saturated heterocycles. The average Bonchev–Trinajstić information content (AvgIpc) is 2.52. The van der Waals surface area contributed by atoms with E-state index in [2.05, 4.69) is 0 Å². The highest BCUT2D eigenvalue weighted by molar-refractivity contribution is 5.75. The van der Waals surface area contributed by atoms with Crippen molar-refractivity contribution in [1.82, 2.24) is 0 Å². The fourth-order valence-electron chi connectivity index (χ4n) is 2.60. The molecule has 0 aromatic heterocycles. The maximum absolute atomic E-state index is 11.8. The first-order valence-electron chi connectivity index (χ1n) is 7.32. The Kier molecular flexibility index (Phi) is 5.59. The molecule has 2 N–H and O–H groups in total. The zero-order chi connectivity index (χ0) is 15.2. The van der Waals surface area contributed by atoms with E-state index in [9.17, 15) is 4.79 Å². The Balaban J connectivity index is 2.14. The quantitative estimate of drug-likeness (QED) is 0.862. The van der Waals surface area contributed by atoms with Gasteiger partial charge in [0.2, 0.25) is 0 Å². The highest BCUT2D eigenvalue weighted by Crippen LogP contribution is 2.23. The van der Waals surface area contributed by atoms with Gasteiger partial charge in [-0.2, -0.15) is 0 Å². The van der Waals surface area contributed by atoms with Crippen molar-refractivity contribution in [3.8, 4) is 5.75 Å². The number of para-hydroxylation sites is 1. The number of carbonyl (C=O) groups excluding carboxylic acids is 1. The predicted octanol–water partition coefficient (Wildman–Crippen LogP) is 1.89. The van der Waals surface area contributed by atoms with Gasteiger partial charge in [0.1, 0.15) is 30.1 Å². The summed E-state index contributed by atoms with van der Waals surface area (Å²) < 4.78 is 16.9. The Bertz CT molecular complexity index is 451. The van der Waals surface area contributed by atoms with Gasteiger partial charge in [0.15, 0.2) is 0 Å². The number of cyclic esters (lactones) is 1. The van der Waals surface area contributed by atoms with Gasteiger partial charge in [-0.25, -0.2) is 0 Å². The minimum Gasteiger partial charge on any atom is -0.488 e. The average molecular weight is 293 g/mol. The topological polar surface area (TPSA) is 70.8 Å². The molecule has 0 bridgehead atoms. The summed E-state index contributed by atoms with van der Waals surface area (Å²) in [5, 5.41) is 0. The first-order valence-corrected chi connectivity index (χ1v) is 7.32. The van der Waals surface area contributed by atoms with Gasteiger partial charge >= 0.3 is 5.97 Å². The number of hydrogen-bond donors (Lipinski definition) is 1. The van der Waals surface area contributed by atoms with Crippen molar-refractivity contribution in [3.63, 3.8) is 0 Å². The molecule has 1 heterocycles. The van der Waals surface area contributed by atoms with Gasteiger partial charge in [0, 0.05) is 7.11 Å². The fourth-order valence-corrected chi connectivity index (χ4v) is 2.60. The molecule has 0 radical (unpaired) electrons. The molecule has 0 aliphatic carbocycles. The van der Waals surface area contributed by atoms with E-state index in [-0.39, 0.29) is 18.2 Å². The number of carbonyl (C=O) groups is 1. The smallest absolute Gasteiger partial charge is 0.323 e. The van der Waals surface area contributed by atoms with Crippen molar-refractivity contribution in [1.29, 1.82) is 0 Å². The molecule has 5 nitrogen and oxygen atoms in total. The second-order valence-electron chi connectivity index (χ2n) is 5.35. The van der Waals surface area contributed by atoms with Crippen LogP contribution in [-0.4, -0.2) is 37.4 Å². The molecule has 1 aromatic rings. The summed E-state index contributed by atoms with van der Waals surface area (Å²) in [6, 6.07) is 9.02. The highest BCUT2D eigenvalue weighted by atomic mass is 16.6. The normalized spacial score (nSPS) is 30.7. The Morgan fingerprint density at radius 2 is 1.95 bits per heavy atom. The van der Waals surface area contributed by atoms with Gasteiger partial charge in [0.25, 0.3) is 0 Å². The molecule has 5 heteroatoms. The first kappa shape index (κ1) is 15.8. The Hall–Kier alpha value is -1.59. The second-order valence-corrected chi connectivity index (χ2v) is 5.35. The van der Waals surface area contributed by atoms with Crippen LogP contribution in [0.3, 0.4) is 0 Å². The molecule has 21 heavy (non-hydrogen) atoms. The molecule has 4 atom stereocenters. The van der Waals surface area contributed by atoms with Crippen LogP contribution in [0.2, 0.25) is 0 Å². The van der Waals surface area contributed by atoms with E-state index in [4.69, 9.17) is 19.9 Å². The zero-order valence-corrected chi connectivity index (χ0v) is 12.5. The second kappa shape index (κ2) is 7.43. The van der Waals surface area contributed by atoms with Crippen molar-refractivity contribution in [3.05, 3.63) is 30.3 Å². The van der Waals surface area contributed by atoms with Crippen LogP contribution in [-0.2, 0) is 14.3 Å². The number of methoxy groups -OCH3 is 1. The van der Waals surface area contributed by atoms with Crippen molar-refractivity contribution in [2.45, 2.75) is 50.5 Å². The summed E-state index contributed by atoms with van der Waals surface area (Å²) in [6.45, 7) is 1.81. The molecule has 0 saturated carbocycles. The molecule has 2 rings (SSSR count). The third-order valence-corrected chi connectivity index (χ3v) is 3.74. The van der Waals surface area contributed by atoms with Crippen LogP contribution in [0, 0.1) is 0 Å². The highest BCUT2D eigenvalue weighted by Gasteiger charge is 2.34. The number of benzene rings is 1. The maximum atomic E-state index is 11.8. The maximum Gasteiger partial charge on any atom is 0.323 e. The third-order valence-electron chi connectivity index (χ3n) is 3.74. The van der Waals surface area contributed by atoms with Gasteiger partial charge in [-0.1, -0.05) is 18.2 Å². The predicted molar refractivity (Wildman–Crippen MR) is 79.0 cm³/mol. The molecule has 1 fully saturated rings. The monoisotopic (exact) mass is 293 g/mol. The van der Waals surface area contributed by atoms with Crippen LogP contribution in [0.25, 0.3) is 0 Å². The molecule has 1 aromatic carbocycles. The number of ether oxygens (including phenoxy) is 3. The van der Waals surface area contributed by atoms with Crippen LogP contribution in [0.1, 0.15) is 26.2 Å². The third kappa shape index (κ3) is 4.19. The van der Waals surface area contributed by atoms with E-state index in [1.165, 1.54) is 0 Å². The van der Waals surface area contributed by atoms with Crippen LogP contribution in [0.5, 0.6) is 5.75 Å². The van der Waals surface area contributed by atoms with Gasteiger partial charge in [-0.05, 0) is 38.3 Å². The Labute approximate surface area is 125 Å². The molecular weight excluding hydrogens is 270 g/mol. The van der Waals surface area contributed by atoms with E-state index in [0.717, 1.165) is 18.6 Å². The van der Waals surface area contributed by atoms with Crippen molar-refractivity contribution < 1.29 is 19.0 Å². The molecule has 1 aliphatic heterocycles. The zero-order valence-electron chi connectivity index (χ0n) is 12.5. The summed E-state index contributed by atoms with van der Waals surface area (Å²) in [7, 11) is 1.61. The van der Waals surface area contributed by atoms with E-state index in [1.54, 1.807) is 7.11 Å². The number of rotatable bonds is 3. The lowest BCUT2D eigenvalue weighted by Crippen LogP contribution is -2.43. The standard InChI is InChI=1S/C16H23NO4/c1-11-15(19-2)14(21-12-7-4-3-5-8-12)10-6-9-13(17)16(18)20-11/h3-5,7-8,11,13-15H,6,9-10,17H2,1-2H3/t11-,13-,14-,15-/m0/s1. The van der Waals surface area contributed by atoms with Gasteiger partial charge in [-0.3, -0.25) is 4.79 Å². The number of nitrogens with two attached hydrogens (primary N) is 1. The SMILES string of the molecule is CO[C@H]1[C@H](C)OC(=O)[C@@H](N)CCC[C@@H]1Oc1ccccc1. The molecule has 1 aliphatic rings.